The van der Waals surface area contributed by atoms with E-state index in [1.165, 1.54) is 35.2 Å². The summed E-state index contributed by atoms with van der Waals surface area (Å²) in [4.78, 5) is 23.8. The fourth-order valence-electron chi connectivity index (χ4n) is 2.80. The van der Waals surface area contributed by atoms with Crippen molar-refractivity contribution in [1.29, 1.82) is 0 Å². The molecule has 1 saturated heterocycles. The van der Waals surface area contributed by atoms with Crippen LogP contribution >= 0.6 is 0 Å². The second-order valence-electron chi connectivity index (χ2n) is 6.97. The maximum absolute atomic E-state index is 12.6. The molecular formula is C16H26N4O5S. The van der Waals surface area contributed by atoms with Gasteiger partial charge < -0.3 is 10.4 Å². The van der Waals surface area contributed by atoms with E-state index in [2.05, 4.69) is 10.4 Å². The number of unbranched alkanes of at least 4 members (excludes halogenated alkanes) is 1. The summed E-state index contributed by atoms with van der Waals surface area (Å²) in [6, 6.07) is -0.743. The van der Waals surface area contributed by atoms with Gasteiger partial charge in [-0.2, -0.15) is 9.40 Å². The molecule has 0 aromatic carbocycles. The molecule has 0 spiro atoms. The van der Waals surface area contributed by atoms with Crippen LogP contribution in [0.15, 0.2) is 12.4 Å². The van der Waals surface area contributed by atoms with Crippen molar-refractivity contribution in [3.63, 3.8) is 0 Å². The maximum atomic E-state index is 12.6. The number of carboxylic acid groups (broad SMARTS) is 1. The van der Waals surface area contributed by atoms with Crippen molar-refractivity contribution in [3.8, 4) is 0 Å². The van der Waals surface area contributed by atoms with Gasteiger partial charge in [-0.1, -0.05) is 13.3 Å². The van der Waals surface area contributed by atoms with Gasteiger partial charge in [-0.05, 0) is 33.1 Å². The highest BCUT2D eigenvalue weighted by Gasteiger charge is 2.38. The van der Waals surface area contributed by atoms with E-state index in [1.54, 1.807) is 0 Å². The summed E-state index contributed by atoms with van der Waals surface area (Å²) in [5.41, 5.74) is -0.923. The number of aromatic nitrogens is 2. The topological polar surface area (TPSA) is 122 Å². The lowest BCUT2D eigenvalue weighted by atomic mass is 10.1. The van der Waals surface area contributed by atoms with Crippen molar-refractivity contribution in [2.24, 2.45) is 0 Å². The van der Waals surface area contributed by atoms with E-state index in [1.807, 2.05) is 6.92 Å². The lowest BCUT2D eigenvalue weighted by Gasteiger charge is -2.23. The quantitative estimate of drug-likeness (QED) is 0.693. The van der Waals surface area contributed by atoms with Crippen LogP contribution in [0, 0.1) is 0 Å². The minimum absolute atomic E-state index is 0.0397. The third-order valence-electron chi connectivity index (χ3n) is 4.57. The standard InChI is InChI=1S/C16H26N4O5S/c1-4-5-9-26(24,25)19-8-6-7-13(19)14(21)18-12-10-17-20(11-12)16(2,3)15(22)23/h10-11,13H,4-9H2,1-3H3,(H,18,21)(H,22,23). The normalized spacial score (nSPS) is 18.8. The Bertz CT molecular complexity index is 771. The Morgan fingerprint density at radius 2 is 2.12 bits per heavy atom. The zero-order valence-electron chi connectivity index (χ0n) is 15.3. The predicted octanol–water partition coefficient (Wildman–Crippen LogP) is 1.24. The number of sulfonamides is 1. The molecule has 2 heterocycles. The molecule has 10 heteroatoms. The molecule has 2 rings (SSSR count). The fraction of sp³-hybridized carbons (Fsp3) is 0.688. The summed E-state index contributed by atoms with van der Waals surface area (Å²) in [7, 11) is -3.46. The van der Waals surface area contributed by atoms with Crippen molar-refractivity contribution in [2.45, 2.75) is 58.0 Å². The van der Waals surface area contributed by atoms with Gasteiger partial charge in [0.05, 0.1) is 17.6 Å². The predicted molar refractivity (Wildman–Crippen MR) is 96.2 cm³/mol. The molecule has 1 amide bonds. The average Bonchev–Trinajstić information content (AvgIpc) is 3.22. The highest BCUT2D eigenvalue weighted by molar-refractivity contribution is 7.89. The van der Waals surface area contributed by atoms with Gasteiger partial charge in [-0.3, -0.25) is 9.48 Å². The van der Waals surface area contributed by atoms with Crippen LogP contribution in [0.5, 0.6) is 0 Å². The van der Waals surface area contributed by atoms with Gasteiger partial charge in [0.2, 0.25) is 15.9 Å². The van der Waals surface area contributed by atoms with Gasteiger partial charge in [0.25, 0.3) is 0 Å². The Morgan fingerprint density at radius 3 is 2.73 bits per heavy atom. The number of hydrogen-bond donors (Lipinski definition) is 2. The smallest absolute Gasteiger partial charge is 0.331 e. The molecule has 0 radical (unpaired) electrons. The second kappa shape index (κ2) is 7.75. The summed E-state index contributed by atoms with van der Waals surface area (Å²) in [6.07, 6.45) is 5.21. The SMILES string of the molecule is CCCCS(=O)(=O)N1CCCC1C(=O)Nc1cnn(C(C)(C)C(=O)O)c1. The van der Waals surface area contributed by atoms with E-state index in [9.17, 15) is 23.1 Å². The van der Waals surface area contributed by atoms with Gasteiger partial charge in [0.15, 0.2) is 5.54 Å². The zero-order valence-corrected chi connectivity index (χ0v) is 16.1. The molecule has 146 valence electrons. The largest absolute Gasteiger partial charge is 0.479 e. The molecule has 1 aliphatic rings. The Hall–Kier alpha value is -1.94. The monoisotopic (exact) mass is 386 g/mol. The Balaban J connectivity index is 2.10. The molecule has 1 aliphatic heterocycles. The van der Waals surface area contributed by atoms with Crippen molar-refractivity contribution in [1.82, 2.24) is 14.1 Å². The third-order valence-corrected chi connectivity index (χ3v) is 6.52. The molecule has 0 bridgehead atoms. The molecule has 26 heavy (non-hydrogen) atoms. The van der Waals surface area contributed by atoms with E-state index < -0.39 is 33.5 Å². The molecule has 2 N–H and O–H groups in total. The molecule has 1 aromatic rings. The number of aliphatic carboxylic acids is 1. The van der Waals surface area contributed by atoms with E-state index in [-0.39, 0.29) is 5.75 Å². The Kier molecular flexibility index (Phi) is 6.07. The first-order valence-electron chi connectivity index (χ1n) is 8.68. The molecule has 1 aromatic heterocycles. The number of rotatable bonds is 8. The Labute approximate surface area is 153 Å². The van der Waals surface area contributed by atoms with Gasteiger partial charge in [0, 0.05) is 12.7 Å². The van der Waals surface area contributed by atoms with E-state index in [4.69, 9.17) is 0 Å². The first kappa shape index (κ1) is 20.4. The number of anilines is 1. The van der Waals surface area contributed by atoms with Crippen LogP contribution in [0.2, 0.25) is 0 Å². The minimum atomic E-state index is -3.46. The zero-order chi connectivity index (χ0) is 19.5. The van der Waals surface area contributed by atoms with Crippen LogP contribution in [0.3, 0.4) is 0 Å². The van der Waals surface area contributed by atoms with Gasteiger partial charge in [-0.15, -0.1) is 0 Å². The van der Waals surface area contributed by atoms with Crippen LogP contribution in [0.1, 0.15) is 46.5 Å². The van der Waals surface area contributed by atoms with Crippen molar-refractivity contribution < 1.29 is 23.1 Å². The summed E-state index contributed by atoms with van der Waals surface area (Å²) >= 11 is 0. The van der Waals surface area contributed by atoms with E-state index >= 15 is 0 Å². The fourth-order valence-corrected chi connectivity index (χ4v) is 4.68. The van der Waals surface area contributed by atoms with Crippen LogP contribution < -0.4 is 5.32 Å². The van der Waals surface area contributed by atoms with Crippen LogP contribution in [-0.2, 0) is 25.2 Å². The highest BCUT2D eigenvalue weighted by Crippen LogP contribution is 2.24. The Morgan fingerprint density at radius 1 is 1.42 bits per heavy atom. The van der Waals surface area contributed by atoms with Crippen LogP contribution in [-0.4, -0.2) is 57.8 Å². The summed E-state index contributed by atoms with van der Waals surface area (Å²) in [5, 5.41) is 15.9. The molecule has 1 atom stereocenters. The second-order valence-corrected chi connectivity index (χ2v) is 9.01. The van der Waals surface area contributed by atoms with Crippen LogP contribution in [0.25, 0.3) is 0 Å². The lowest BCUT2D eigenvalue weighted by molar-refractivity contribution is -0.146. The molecule has 9 nitrogen and oxygen atoms in total. The van der Waals surface area contributed by atoms with Crippen molar-refractivity contribution >= 4 is 27.6 Å². The average molecular weight is 386 g/mol. The van der Waals surface area contributed by atoms with E-state index in [0.29, 0.717) is 31.5 Å². The van der Waals surface area contributed by atoms with Crippen molar-refractivity contribution in [2.75, 3.05) is 17.6 Å². The molecular weight excluding hydrogens is 360 g/mol. The highest BCUT2D eigenvalue weighted by atomic mass is 32.2. The number of hydrogen-bond acceptors (Lipinski definition) is 5. The minimum Gasteiger partial charge on any atom is -0.479 e. The first-order valence-corrected chi connectivity index (χ1v) is 10.3. The number of amides is 1. The first-order chi connectivity index (χ1) is 12.1. The number of nitrogens with zero attached hydrogens (tertiary/aromatic N) is 3. The summed E-state index contributed by atoms with van der Waals surface area (Å²) in [5.74, 6) is -1.43. The number of carboxylic acids is 1. The number of carbonyl (C=O) groups is 2. The molecule has 1 fully saturated rings. The summed E-state index contributed by atoms with van der Waals surface area (Å²) < 4.78 is 27.4. The number of nitrogens with one attached hydrogen (secondary N) is 1. The lowest BCUT2D eigenvalue weighted by Crippen LogP contribution is -2.44. The van der Waals surface area contributed by atoms with Crippen LogP contribution in [0.4, 0.5) is 5.69 Å². The van der Waals surface area contributed by atoms with Gasteiger partial charge in [0.1, 0.15) is 6.04 Å². The summed E-state index contributed by atoms with van der Waals surface area (Å²) in [6.45, 7) is 5.25. The van der Waals surface area contributed by atoms with Gasteiger partial charge in [-0.25, -0.2) is 13.2 Å². The molecule has 0 saturated carbocycles. The van der Waals surface area contributed by atoms with Gasteiger partial charge >= 0.3 is 5.97 Å². The molecule has 1 unspecified atom stereocenters. The maximum Gasteiger partial charge on any atom is 0.331 e. The van der Waals surface area contributed by atoms with Crippen molar-refractivity contribution in [3.05, 3.63) is 12.4 Å². The number of carbonyl (C=O) groups excluding carboxylic acids is 1. The van der Waals surface area contributed by atoms with E-state index in [0.717, 1.165) is 6.42 Å². The molecule has 0 aliphatic carbocycles. The third kappa shape index (κ3) is 4.24.